The topological polar surface area (TPSA) is 49.3 Å². The summed E-state index contributed by atoms with van der Waals surface area (Å²) in [4.78, 5) is 12.1. The van der Waals surface area contributed by atoms with Gasteiger partial charge in [0.2, 0.25) is 5.91 Å². The second-order valence-electron chi connectivity index (χ2n) is 6.90. The van der Waals surface area contributed by atoms with Crippen LogP contribution in [0.1, 0.15) is 37.5 Å². The fourth-order valence-corrected chi connectivity index (χ4v) is 2.29. The predicted molar refractivity (Wildman–Crippen MR) is 90.6 cm³/mol. The number of alkyl halides is 3. The first-order chi connectivity index (χ1) is 11.5. The number of amides is 1. The number of nitrogens with one attached hydrogen (secondary N) is 1. The Labute approximate surface area is 144 Å². The molecule has 0 saturated heterocycles. The molecule has 0 saturated carbocycles. The molecule has 0 aliphatic carbocycles. The highest BCUT2D eigenvalue weighted by molar-refractivity contribution is 5.93. The Morgan fingerprint density at radius 3 is 2.08 bits per heavy atom. The third-order valence-corrected chi connectivity index (χ3v) is 3.78. The number of anilines is 1. The van der Waals surface area contributed by atoms with Crippen molar-refractivity contribution in [2.24, 2.45) is 0 Å². The zero-order valence-corrected chi connectivity index (χ0v) is 14.2. The van der Waals surface area contributed by atoms with Crippen LogP contribution in [0, 0.1) is 0 Å². The highest BCUT2D eigenvalue weighted by atomic mass is 19.4. The zero-order valence-electron chi connectivity index (χ0n) is 14.2. The molecule has 2 aromatic rings. The SMILES string of the molecule is CC(C)(C)c1ccc(O)c(NC(=O)Cc2ccc(C(F)(F)F)cc2)c1. The van der Waals surface area contributed by atoms with Crippen molar-refractivity contribution in [3.05, 3.63) is 59.2 Å². The van der Waals surface area contributed by atoms with E-state index in [1.165, 1.54) is 18.2 Å². The van der Waals surface area contributed by atoms with E-state index >= 15 is 0 Å². The van der Waals surface area contributed by atoms with Gasteiger partial charge < -0.3 is 10.4 Å². The number of hydrogen-bond donors (Lipinski definition) is 2. The van der Waals surface area contributed by atoms with E-state index in [4.69, 9.17) is 0 Å². The summed E-state index contributed by atoms with van der Waals surface area (Å²) in [5, 5.41) is 12.5. The van der Waals surface area contributed by atoms with Gasteiger partial charge in [-0.25, -0.2) is 0 Å². The van der Waals surface area contributed by atoms with E-state index in [2.05, 4.69) is 5.32 Å². The van der Waals surface area contributed by atoms with Gasteiger partial charge in [-0.15, -0.1) is 0 Å². The molecule has 0 bridgehead atoms. The van der Waals surface area contributed by atoms with Gasteiger partial charge in [-0.2, -0.15) is 13.2 Å². The van der Waals surface area contributed by atoms with Gasteiger partial charge in [-0.3, -0.25) is 4.79 Å². The average molecular weight is 351 g/mol. The van der Waals surface area contributed by atoms with Crippen molar-refractivity contribution < 1.29 is 23.1 Å². The Bertz CT molecular complexity index is 760. The van der Waals surface area contributed by atoms with Gasteiger partial charge >= 0.3 is 6.18 Å². The minimum atomic E-state index is -4.40. The minimum absolute atomic E-state index is 0.0613. The van der Waals surface area contributed by atoms with Crippen LogP contribution in [-0.4, -0.2) is 11.0 Å². The fourth-order valence-electron chi connectivity index (χ4n) is 2.29. The van der Waals surface area contributed by atoms with Crippen molar-refractivity contribution >= 4 is 11.6 Å². The summed E-state index contributed by atoms with van der Waals surface area (Å²) in [6.07, 6.45) is -4.49. The zero-order chi connectivity index (χ0) is 18.8. The number of rotatable bonds is 3. The summed E-state index contributed by atoms with van der Waals surface area (Å²) in [5.41, 5.74) is 0.768. The van der Waals surface area contributed by atoms with E-state index in [1.54, 1.807) is 12.1 Å². The maximum atomic E-state index is 12.5. The van der Waals surface area contributed by atoms with E-state index in [0.717, 1.165) is 17.7 Å². The average Bonchev–Trinajstić information content (AvgIpc) is 2.48. The lowest BCUT2D eigenvalue weighted by Crippen LogP contribution is -2.16. The van der Waals surface area contributed by atoms with E-state index < -0.39 is 17.6 Å². The predicted octanol–water partition coefficient (Wildman–Crippen LogP) is 4.89. The van der Waals surface area contributed by atoms with Crippen LogP contribution in [0.25, 0.3) is 0 Å². The molecule has 0 aliphatic rings. The number of aromatic hydroxyl groups is 1. The first-order valence-electron chi connectivity index (χ1n) is 7.76. The van der Waals surface area contributed by atoms with Crippen LogP contribution >= 0.6 is 0 Å². The highest BCUT2D eigenvalue weighted by Crippen LogP contribution is 2.31. The monoisotopic (exact) mass is 351 g/mol. The summed E-state index contributed by atoms with van der Waals surface area (Å²) in [7, 11) is 0. The first-order valence-corrected chi connectivity index (χ1v) is 7.76. The van der Waals surface area contributed by atoms with Gasteiger partial charge in [0.25, 0.3) is 0 Å². The third-order valence-electron chi connectivity index (χ3n) is 3.78. The Morgan fingerprint density at radius 1 is 1.00 bits per heavy atom. The van der Waals surface area contributed by atoms with Crippen molar-refractivity contribution in [1.29, 1.82) is 0 Å². The van der Waals surface area contributed by atoms with Crippen molar-refractivity contribution in [3.8, 4) is 5.75 Å². The van der Waals surface area contributed by atoms with E-state index in [0.29, 0.717) is 5.56 Å². The molecule has 0 aliphatic heterocycles. The number of carbonyl (C=O) groups excluding carboxylic acids is 1. The van der Waals surface area contributed by atoms with Gasteiger partial charge in [0, 0.05) is 0 Å². The molecule has 2 N–H and O–H groups in total. The van der Waals surface area contributed by atoms with Crippen LogP contribution < -0.4 is 5.32 Å². The molecule has 2 rings (SSSR count). The lowest BCUT2D eigenvalue weighted by atomic mass is 9.87. The molecule has 6 heteroatoms. The normalized spacial score (nSPS) is 12.1. The lowest BCUT2D eigenvalue weighted by Gasteiger charge is -2.20. The molecular formula is C19H20F3NO2. The minimum Gasteiger partial charge on any atom is -0.506 e. The molecule has 3 nitrogen and oxygen atoms in total. The number of phenols is 1. The van der Waals surface area contributed by atoms with Crippen LogP contribution in [0.15, 0.2) is 42.5 Å². The standard InChI is InChI=1S/C19H20F3NO2/c1-18(2,3)14-8-9-16(24)15(11-14)23-17(25)10-12-4-6-13(7-5-12)19(20,21)22/h4-9,11,24H,10H2,1-3H3,(H,23,25). The van der Waals surface area contributed by atoms with Gasteiger partial charge in [0.1, 0.15) is 5.75 Å². The smallest absolute Gasteiger partial charge is 0.416 e. The van der Waals surface area contributed by atoms with Crippen LogP contribution in [0.3, 0.4) is 0 Å². The molecule has 0 fully saturated rings. The Balaban J connectivity index is 2.10. The Hall–Kier alpha value is -2.50. The van der Waals surface area contributed by atoms with E-state index in [1.807, 2.05) is 20.8 Å². The number of benzene rings is 2. The molecule has 0 unspecified atom stereocenters. The molecule has 2 aromatic carbocycles. The summed E-state index contributed by atoms with van der Waals surface area (Å²) in [6.45, 7) is 6.02. The van der Waals surface area contributed by atoms with Crippen LogP contribution in [-0.2, 0) is 22.8 Å². The lowest BCUT2D eigenvalue weighted by molar-refractivity contribution is -0.137. The molecular weight excluding hydrogens is 331 g/mol. The highest BCUT2D eigenvalue weighted by Gasteiger charge is 2.30. The van der Waals surface area contributed by atoms with Crippen LogP contribution in [0.4, 0.5) is 18.9 Å². The molecule has 0 atom stereocenters. The van der Waals surface area contributed by atoms with Crippen molar-refractivity contribution in [1.82, 2.24) is 0 Å². The molecule has 25 heavy (non-hydrogen) atoms. The maximum Gasteiger partial charge on any atom is 0.416 e. The van der Waals surface area contributed by atoms with E-state index in [9.17, 15) is 23.1 Å². The van der Waals surface area contributed by atoms with Gasteiger partial charge in [-0.05, 0) is 40.8 Å². The second kappa shape index (κ2) is 6.78. The van der Waals surface area contributed by atoms with Gasteiger partial charge in [-0.1, -0.05) is 39.0 Å². The number of hydrogen-bond acceptors (Lipinski definition) is 2. The van der Waals surface area contributed by atoms with Crippen LogP contribution in [0.5, 0.6) is 5.75 Å². The molecule has 0 spiro atoms. The molecule has 134 valence electrons. The van der Waals surface area contributed by atoms with Crippen molar-refractivity contribution in [3.63, 3.8) is 0 Å². The third kappa shape index (κ3) is 4.98. The van der Waals surface area contributed by atoms with E-state index in [-0.39, 0.29) is 23.3 Å². The summed E-state index contributed by atoms with van der Waals surface area (Å²) in [5.74, 6) is -0.477. The first kappa shape index (κ1) is 18.8. The molecule has 0 heterocycles. The van der Waals surface area contributed by atoms with Gasteiger partial charge in [0.05, 0.1) is 17.7 Å². The summed E-state index contributed by atoms with van der Waals surface area (Å²) in [6, 6.07) is 9.41. The largest absolute Gasteiger partial charge is 0.506 e. The van der Waals surface area contributed by atoms with Crippen molar-refractivity contribution in [2.75, 3.05) is 5.32 Å². The number of halogens is 3. The fraction of sp³-hybridized carbons (Fsp3) is 0.316. The van der Waals surface area contributed by atoms with Gasteiger partial charge in [0.15, 0.2) is 0 Å². The van der Waals surface area contributed by atoms with Crippen molar-refractivity contribution in [2.45, 2.75) is 38.8 Å². The molecule has 0 aromatic heterocycles. The van der Waals surface area contributed by atoms with Crippen LogP contribution in [0.2, 0.25) is 0 Å². The Kier molecular flexibility index (Phi) is 5.11. The number of phenolic OH excluding ortho intramolecular Hbond substituents is 1. The number of carbonyl (C=O) groups is 1. The summed E-state index contributed by atoms with van der Waals surface area (Å²) >= 11 is 0. The maximum absolute atomic E-state index is 12.5. The molecule has 0 radical (unpaired) electrons. The quantitative estimate of drug-likeness (QED) is 0.774. The Morgan fingerprint density at radius 2 is 1.56 bits per heavy atom. The summed E-state index contributed by atoms with van der Waals surface area (Å²) < 4.78 is 37.6. The molecule has 1 amide bonds. The second-order valence-corrected chi connectivity index (χ2v) is 6.90.